The molecule has 0 aromatic rings. The van der Waals surface area contributed by atoms with Crippen molar-refractivity contribution in [2.75, 3.05) is 6.61 Å². The maximum atomic E-state index is 14.7. The zero-order valence-corrected chi connectivity index (χ0v) is 14.3. The molecule has 184 valence electrons. The minimum Gasteiger partial charge on any atom is -0.459 e. The van der Waals surface area contributed by atoms with Gasteiger partial charge in [-0.3, -0.25) is 0 Å². The molecule has 2 nitrogen and oxygen atoms in total. The van der Waals surface area contributed by atoms with Gasteiger partial charge in [0.25, 0.3) is 0 Å². The molecule has 0 N–H and O–H groups in total. The molecule has 18 heteroatoms. The van der Waals surface area contributed by atoms with E-state index in [1.54, 1.807) is 0 Å². The minimum atomic E-state index is -7.93. The van der Waals surface area contributed by atoms with Gasteiger partial charge in [0.05, 0.1) is 0 Å². The number of hydrogen-bond donors (Lipinski definition) is 0. The van der Waals surface area contributed by atoms with Crippen molar-refractivity contribution in [2.45, 2.75) is 52.5 Å². The molecule has 4 bridgehead atoms. The van der Waals surface area contributed by atoms with Crippen LogP contribution >= 0.6 is 0 Å². The SMILES string of the molecule is C=C(F)C(=O)OCC12C(F)(F)C3(F)C(F)(F)C(F)(C(F)(F)C(F)(C3(F)F)C1(F)F)C2(F)F. The van der Waals surface area contributed by atoms with Crippen molar-refractivity contribution in [1.82, 2.24) is 0 Å². The van der Waals surface area contributed by atoms with E-state index in [0.717, 1.165) is 0 Å². The molecule has 0 aromatic heterocycles. The summed E-state index contributed by atoms with van der Waals surface area (Å²) in [5.74, 6) is -52.2. The highest BCUT2D eigenvalue weighted by Crippen LogP contribution is 2.90. The fourth-order valence-electron chi connectivity index (χ4n) is 4.48. The van der Waals surface area contributed by atoms with Gasteiger partial charge in [-0.25, -0.2) is 44.3 Å². The number of carbonyl (C=O) groups is 1. The van der Waals surface area contributed by atoms with E-state index in [1.807, 2.05) is 0 Å². The van der Waals surface area contributed by atoms with Crippen molar-refractivity contribution in [1.29, 1.82) is 0 Å². The smallest absolute Gasteiger partial charge is 0.366 e. The van der Waals surface area contributed by atoms with Crippen LogP contribution in [0.5, 0.6) is 0 Å². The van der Waals surface area contributed by atoms with Crippen LogP contribution in [0.1, 0.15) is 0 Å². The van der Waals surface area contributed by atoms with E-state index in [-0.39, 0.29) is 0 Å². The lowest BCUT2D eigenvalue weighted by molar-refractivity contribution is -0.613. The minimum absolute atomic E-state index is 2.05. The average molecular weight is 508 g/mol. The summed E-state index contributed by atoms with van der Waals surface area (Å²) < 4.78 is 232. The second-order valence-corrected chi connectivity index (χ2v) is 7.31. The Morgan fingerprint density at radius 3 is 1.03 bits per heavy atom. The first-order valence-electron chi connectivity index (χ1n) is 7.68. The maximum absolute atomic E-state index is 14.7. The number of hydrogen-bond acceptors (Lipinski definition) is 2. The van der Waals surface area contributed by atoms with Gasteiger partial charge in [0.15, 0.2) is 0 Å². The van der Waals surface area contributed by atoms with Crippen LogP contribution in [-0.2, 0) is 9.53 Å². The van der Waals surface area contributed by atoms with E-state index in [9.17, 15) is 75.0 Å². The van der Waals surface area contributed by atoms with Crippen LogP contribution in [0, 0.1) is 5.41 Å². The third-order valence-corrected chi connectivity index (χ3v) is 6.14. The van der Waals surface area contributed by atoms with E-state index in [0.29, 0.717) is 0 Å². The van der Waals surface area contributed by atoms with E-state index >= 15 is 0 Å². The molecule has 0 aromatic carbocycles. The topological polar surface area (TPSA) is 26.3 Å². The summed E-state index contributed by atoms with van der Waals surface area (Å²) in [6.07, 6.45) is 0. The van der Waals surface area contributed by atoms with Gasteiger partial charge < -0.3 is 4.74 Å². The molecule has 4 fully saturated rings. The number of ether oxygens (including phenoxy) is 1. The monoisotopic (exact) mass is 508 g/mol. The zero-order chi connectivity index (χ0) is 25.6. The van der Waals surface area contributed by atoms with Gasteiger partial charge >= 0.3 is 58.5 Å². The summed E-state index contributed by atoms with van der Waals surface area (Å²) >= 11 is 0. The van der Waals surface area contributed by atoms with E-state index in [1.165, 1.54) is 0 Å². The second-order valence-electron chi connectivity index (χ2n) is 7.31. The Bertz CT molecular complexity index is 809. The molecule has 0 spiro atoms. The number of halogens is 16. The van der Waals surface area contributed by atoms with Crippen LogP contribution in [0.15, 0.2) is 12.4 Å². The molecule has 0 unspecified atom stereocenters. The standard InChI is InChI=1S/C14H4F16O2/c1-3(15)4(31)32-2-5-9(19,20)6(16)12(25,26)7(17,10(5,21)22)14(29,30)8(18,11(5,23)24)13(6,27)28/h1-2H2. The highest BCUT2D eigenvalue weighted by Gasteiger charge is 3.22. The third kappa shape index (κ3) is 1.53. The lowest BCUT2D eigenvalue weighted by Gasteiger charge is -2.75. The van der Waals surface area contributed by atoms with Gasteiger partial charge in [-0.2, -0.15) is 30.7 Å². The third-order valence-electron chi connectivity index (χ3n) is 6.14. The summed E-state index contributed by atoms with van der Waals surface area (Å²) in [5.41, 5.74) is -30.3. The van der Waals surface area contributed by atoms with Crippen LogP contribution in [0.2, 0.25) is 0 Å². The van der Waals surface area contributed by atoms with E-state index < -0.39 is 76.4 Å². The van der Waals surface area contributed by atoms with E-state index in [2.05, 4.69) is 11.3 Å². The van der Waals surface area contributed by atoms with Gasteiger partial charge in [0.1, 0.15) is 6.61 Å². The highest BCUT2D eigenvalue weighted by atomic mass is 19.3. The van der Waals surface area contributed by atoms with Crippen LogP contribution in [0.4, 0.5) is 70.2 Å². The number of esters is 1. The van der Waals surface area contributed by atoms with Gasteiger partial charge in [-0.05, 0) is 0 Å². The van der Waals surface area contributed by atoms with Crippen molar-refractivity contribution in [3.05, 3.63) is 12.4 Å². The summed E-state index contributed by atoms with van der Waals surface area (Å²) in [4.78, 5) is 10.9. The maximum Gasteiger partial charge on any atom is 0.366 e. The molecule has 0 radical (unpaired) electrons. The molecule has 0 atom stereocenters. The quantitative estimate of drug-likeness (QED) is 0.306. The van der Waals surface area contributed by atoms with Crippen LogP contribution in [0.3, 0.4) is 0 Å². The molecule has 4 rings (SSSR count). The molecular weight excluding hydrogens is 504 g/mol. The normalized spacial score (nSPS) is 45.4. The Labute approximate surface area is 164 Å². The van der Waals surface area contributed by atoms with Crippen LogP contribution in [0.25, 0.3) is 0 Å². The number of rotatable bonds is 3. The van der Waals surface area contributed by atoms with Gasteiger partial charge in [0, 0.05) is 0 Å². The largest absolute Gasteiger partial charge is 0.459 e. The Hall–Kier alpha value is -1.91. The second kappa shape index (κ2) is 5.26. The summed E-state index contributed by atoms with van der Waals surface area (Å²) in [5, 5.41) is 0. The van der Waals surface area contributed by atoms with Crippen LogP contribution < -0.4 is 0 Å². The fraction of sp³-hybridized carbons (Fsp3) is 0.786. The zero-order valence-electron chi connectivity index (χ0n) is 14.3. The highest BCUT2D eigenvalue weighted by molar-refractivity contribution is 5.85. The molecule has 4 saturated carbocycles. The summed E-state index contributed by atoms with van der Waals surface area (Å²) in [6.45, 7) is -1.72. The number of carbonyl (C=O) groups excluding carboxylic acids is 1. The molecule has 0 saturated heterocycles. The van der Waals surface area contributed by atoms with Crippen molar-refractivity contribution in [3.63, 3.8) is 0 Å². The van der Waals surface area contributed by atoms with Crippen molar-refractivity contribution in [2.24, 2.45) is 5.41 Å². The summed E-state index contributed by atoms with van der Waals surface area (Å²) in [6, 6.07) is 0. The van der Waals surface area contributed by atoms with Crippen molar-refractivity contribution >= 4 is 5.97 Å². The van der Waals surface area contributed by atoms with Gasteiger partial charge in [0.2, 0.25) is 11.2 Å². The predicted octanol–water partition coefficient (Wildman–Crippen LogP) is 4.98. The number of alkyl halides is 15. The Morgan fingerprint density at radius 2 is 0.812 bits per heavy atom. The van der Waals surface area contributed by atoms with Crippen molar-refractivity contribution in [3.8, 4) is 0 Å². The van der Waals surface area contributed by atoms with Crippen LogP contribution in [-0.4, -0.2) is 65.1 Å². The predicted molar refractivity (Wildman–Crippen MR) is 64.8 cm³/mol. The first kappa shape index (κ1) is 24.7. The molecule has 4 aliphatic carbocycles. The molecule has 32 heavy (non-hydrogen) atoms. The summed E-state index contributed by atoms with van der Waals surface area (Å²) in [7, 11) is 0. The molecule has 4 aliphatic rings. The molecular formula is C14H4F16O2. The first-order chi connectivity index (χ1) is 13.8. The first-order valence-corrected chi connectivity index (χ1v) is 7.68. The Morgan fingerprint density at radius 1 is 0.562 bits per heavy atom. The lowest BCUT2D eigenvalue weighted by Crippen LogP contribution is -3.08. The van der Waals surface area contributed by atoms with Gasteiger partial charge in [-0.15, -0.1) is 0 Å². The van der Waals surface area contributed by atoms with E-state index in [4.69, 9.17) is 0 Å². The molecule has 0 aliphatic heterocycles. The van der Waals surface area contributed by atoms with Gasteiger partial charge in [-0.1, -0.05) is 6.58 Å². The Balaban J connectivity index is 2.58. The fourth-order valence-corrected chi connectivity index (χ4v) is 4.48. The molecule has 0 amide bonds. The average Bonchev–Trinajstić information content (AvgIpc) is 2.61. The van der Waals surface area contributed by atoms with Crippen molar-refractivity contribution < 1.29 is 79.8 Å². The lowest BCUT2D eigenvalue weighted by atomic mass is 9.36. The Kier molecular flexibility index (Phi) is 4.06. The molecule has 0 heterocycles.